The fourth-order valence-electron chi connectivity index (χ4n) is 4.91. The van der Waals surface area contributed by atoms with Crippen molar-refractivity contribution in [3.8, 4) is 11.1 Å². The first-order chi connectivity index (χ1) is 19.8. The lowest BCUT2D eigenvalue weighted by Crippen LogP contribution is -2.54. The Morgan fingerprint density at radius 2 is 1.44 bits per heavy atom. The number of ether oxygens (including phenoxy) is 1. The third kappa shape index (κ3) is 8.64. The van der Waals surface area contributed by atoms with E-state index in [0.717, 1.165) is 22.3 Å². The van der Waals surface area contributed by atoms with E-state index in [4.69, 9.17) is 4.74 Å². The second kappa shape index (κ2) is 15.6. The summed E-state index contributed by atoms with van der Waals surface area (Å²) in [5.74, 6) is -1.89. The molecule has 2 aromatic carbocycles. The van der Waals surface area contributed by atoms with E-state index in [1.54, 1.807) is 12.2 Å². The predicted octanol–water partition coefficient (Wildman–Crippen LogP) is 5.04. The van der Waals surface area contributed by atoms with Gasteiger partial charge in [-0.1, -0.05) is 74.5 Å². The number of amides is 3. The molecule has 1 aliphatic rings. The summed E-state index contributed by atoms with van der Waals surface area (Å²) in [5, 5.41) is 7.93. The molecule has 0 radical (unpaired) electrons. The molecule has 218 valence electrons. The molecule has 3 amide bonds. The number of fused-ring (bicyclic) bond motifs is 3. The molecule has 41 heavy (non-hydrogen) atoms. The molecular formula is C33H41N3O5. The number of benzene rings is 2. The largest absolute Gasteiger partial charge is 0.449 e. The van der Waals surface area contributed by atoms with Crippen LogP contribution in [-0.2, 0) is 19.1 Å². The Balaban J connectivity index is 1.67. The van der Waals surface area contributed by atoms with E-state index < -0.39 is 35.8 Å². The Bertz CT molecular complexity index is 1210. The molecule has 1 aliphatic carbocycles. The van der Waals surface area contributed by atoms with Crippen LogP contribution in [0.4, 0.5) is 4.79 Å². The lowest BCUT2D eigenvalue weighted by Gasteiger charge is -2.23. The van der Waals surface area contributed by atoms with Gasteiger partial charge in [0.1, 0.15) is 12.6 Å². The molecule has 8 heteroatoms. The molecule has 0 aromatic heterocycles. The molecule has 0 saturated carbocycles. The number of hydrogen-bond acceptors (Lipinski definition) is 5. The molecule has 0 spiro atoms. The summed E-state index contributed by atoms with van der Waals surface area (Å²) in [6, 6.07) is 14.1. The van der Waals surface area contributed by atoms with Gasteiger partial charge in [0.05, 0.1) is 6.04 Å². The van der Waals surface area contributed by atoms with Crippen LogP contribution in [0.5, 0.6) is 0 Å². The van der Waals surface area contributed by atoms with E-state index >= 15 is 0 Å². The summed E-state index contributed by atoms with van der Waals surface area (Å²) in [6.07, 6.45) is 4.70. The number of Topliss-reactive ketones (excluding diaryl/α,β-unsaturated/α-hetero) is 1. The minimum Gasteiger partial charge on any atom is -0.449 e. The summed E-state index contributed by atoms with van der Waals surface area (Å²) in [6.45, 7) is 11.7. The predicted molar refractivity (Wildman–Crippen MR) is 160 cm³/mol. The molecule has 0 heterocycles. The highest BCUT2D eigenvalue weighted by Crippen LogP contribution is 2.44. The van der Waals surface area contributed by atoms with Crippen LogP contribution in [0.1, 0.15) is 63.0 Å². The highest BCUT2D eigenvalue weighted by atomic mass is 16.5. The Morgan fingerprint density at radius 1 is 0.829 bits per heavy atom. The summed E-state index contributed by atoms with van der Waals surface area (Å²) in [5.41, 5.74) is 4.42. The summed E-state index contributed by atoms with van der Waals surface area (Å²) in [7, 11) is 0. The average molecular weight is 560 g/mol. The zero-order chi connectivity index (χ0) is 29.8. The van der Waals surface area contributed by atoms with Crippen LogP contribution in [0.2, 0.25) is 0 Å². The van der Waals surface area contributed by atoms with Crippen LogP contribution in [0.15, 0.2) is 73.8 Å². The van der Waals surface area contributed by atoms with Crippen LogP contribution >= 0.6 is 0 Å². The minimum atomic E-state index is -1.05. The Kier molecular flexibility index (Phi) is 11.9. The van der Waals surface area contributed by atoms with Gasteiger partial charge in [0, 0.05) is 12.5 Å². The van der Waals surface area contributed by atoms with Crippen molar-refractivity contribution in [2.45, 2.75) is 64.0 Å². The van der Waals surface area contributed by atoms with Crippen molar-refractivity contribution in [1.82, 2.24) is 16.0 Å². The number of carbonyl (C=O) groups is 4. The maximum Gasteiger partial charge on any atom is 0.407 e. The molecule has 0 saturated heterocycles. The van der Waals surface area contributed by atoms with Crippen LogP contribution in [0, 0.1) is 5.92 Å². The van der Waals surface area contributed by atoms with E-state index in [1.807, 2.05) is 50.2 Å². The van der Waals surface area contributed by atoms with Gasteiger partial charge in [-0.15, -0.1) is 13.2 Å². The Morgan fingerprint density at radius 3 is 2.02 bits per heavy atom. The fraction of sp³-hybridized carbons (Fsp3) is 0.394. The highest BCUT2D eigenvalue weighted by molar-refractivity contribution is 6.38. The third-order valence-corrected chi connectivity index (χ3v) is 7.14. The van der Waals surface area contributed by atoms with Crippen molar-refractivity contribution in [2.75, 3.05) is 13.2 Å². The summed E-state index contributed by atoms with van der Waals surface area (Å²) < 4.78 is 5.66. The van der Waals surface area contributed by atoms with Gasteiger partial charge in [-0.05, 0) is 60.3 Å². The Hall–Kier alpha value is -4.20. The van der Waals surface area contributed by atoms with Crippen LogP contribution in [0.3, 0.4) is 0 Å². The van der Waals surface area contributed by atoms with Gasteiger partial charge in [-0.2, -0.15) is 0 Å². The number of allylic oxidation sites excluding steroid dienone is 1. The van der Waals surface area contributed by atoms with Crippen LogP contribution < -0.4 is 16.0 Å². The third-order valence-electron chi connectivity index (χ3n) is 7.14. The number of alkyl carbamates (subject to hydrolysis) is 1. The van der Waals surface area contributed by atoms with Gasteiger partial charge in [-0.25, -0.2) is 4.79 Å². The number of ketones is 1. The van der Waals surface area contributed by atoms with Crippen molar-refractivity contribution in [3.63, 3.8) is 0 Å². The zero-order valence-corrected chi connectivity index (χ0v) is 24.0. The molecular weight excluding hydrogens is 518 g/mol. The van der Waals surface area contributed by atoms with E-state index in [-0.39, 0.29) is 31.4 Å². The van der Waals surface area contributed by atoms with Gasteiger partial charge < -0.3 is 20.7 Å². The van der Waals surface area contributed by atoms with Gasteiger partial charge >= 0.3 is 6.09 Å². The number of carbonyl (C=O) groups excluding carboxylic acids is 4. The fourth-order valence-corrected chi connectivity index (χ4v) is 4.91. The second-order valence-corrected chi connectivity index (χ2v) is 10.6. The van der Waals surface area contributed by atoms with Gasteiger partial charge in [0.15, 0.2) is 0 Å². The lowest BCUT2D eigenvalue weighted by atomic mass is 9.98. The Labute approximate surface area is 242 Å². The van der Waals surface area contributed by atoms with Crippen LogP contribution in [-0.4, -0.2) is 48.9 Å². The van der Waals surface area contributed by atoms with Crippen molar-refractivity contribution >= 4 is 23.7 Å². The molecule has 3 rings (SSSR count). The smallest absolute Gasteiger partial charge is 0.407 e. The molecule has 2 atom stereocenters. The van der Waals surface area contributed by atoms with E-state index in [1.165, 1.54) is 0 Å². The van der Waals surface area contributed by atoms with Gasteiger partial charge in [0.2, 0.25) is 11.7 Å². The SMILES string of the molecule is C=CCCNC(=O)C(=O)[C@@H](CCC=C)NC(=O)C(CCC(C)C)NC(=O)OCC1c2ccccc2-c2ccccc21. The van der Waals surface area contributed by atoms with E-state index in [9.17, 15) is 19.2 Å². The molecule has 2 aromatic rings. The minimum absolute atomic E-state index is 0.114. The first-order valence-corrected chi connectivity index (χ1v) is 14.2. The molecule has 0 fully saturated rings. The van der Waals surface area contributed by atoms with Crippen molar-refractivity contribution in [3.05, 3.63) is 85.0 Å². The normalized spacial score (nSPS) is 13.3. The molecule has 1 unspecified atom stereocenters. The maximum absolute atomic E-state index is 13.3. The first kappa shape index (κ1) is 31.3. The summed E-state index contributed by atoms with van der Waals surface area (Å²) in [4.78, 5) is 51.5. The topological polar surface area (TPSA) is 114 Å². The highest BCUT2D eigenvalue weighted by Gasteiger charge is 2.32. The average Bonchev–Trinajstić information content (AvgIpc) is 3.29. The summed E-state index contributed by atoms with van der Waals surface area (Å²) >= 11 is 0. The molecule has 0 bridgehead atoms. The number of rotatable bonds is 16. The monoisotopic (exact) mass is 559 g/mol. The first-order valence-electron chi connectivity index (χ1n) is 14.2. The van der Waals surface area contributed by atoms with Crippen molar-refractivity contribution in [2.24, 2.45) is 5.92 Å². The van der Waals surface area contributed by atoms with Gasteiger partial charge in [0.25, 0.3) is 5.91 Å². The van der Waals surface area contributed by atoms with Gasteiger partial charge in [-0.3, -0.25) is 14.4 Å². The van der Waals surface area contributed by atoms with Crippen LogP contribution in [0.25, 0.3) is 11.1 Å². The van der Waals surface area contributed by atoms with E-state index in [2.05, 4.69) is 41.2 Å². The standard InChI is InChI=1S/C33H41N3O5/c1-5-7-17-28(30(37)32(39)34-20-8-6-2)35-31(38)29(19-18-22(3)4)36-33(40)41-21-27-25-15-11-9-13-23(25)24-14-10-12-16-26(24)27/h5-6,9-16,22,27-29H,1-2,7-8,17-21H2,3-4H3,(H,34,39)(H,35,38)(H,36,40)/t28-,29?/m1/s1. The van der Waals surface area contributed by atoms with E-state index in [0.29, 0.717) is 25.7 Å². The lowest BCUT2D eigenvalue weighted by molar-refractivity contribution is -0.140. The quantitative estimate of drug-likeness (QED) is 0.151. The molecule has 0 aliphatic heterocycles. The van der Waals surface area contributed by atoms with Crippen molar-refractivity contribution in [1.29, 1.82) is 0 Å². The molecule has 3 N–H and O–H groups in total. The maximum atomic E-state index is 13.3. The second-order valence-electron chi connectivity index (χ2n) is 10.6. The zero-order valence-electron chi connectivity index (χ0n) is 24.0. The number of hydrogen-bond donors (Lipinski definition) is 3. The molecule has 8 nitrogen and oxygen atoms in total. The van der Waals surface area contributed by atoms with Crippen molar-refractivity contribution < 1.29 is 23.9 Å². The number of nitrogens with one attached hydrogen (secondary N) is 3.